The molecule has 0 aliphatic rings. The summed E-state index contributed by atoms with van der Waals surface area (Å²) in [6.45, 7) is 0. The summed E-state index contributed by atoms with van der Waals surface area (Å²) < 4.78 is -3.88. The summed E-state index contributed by atoms with van der Waals surface area (Å²) in [6, 6.07) is 2.41. The molecule has 0 unspecified atom stereocenters. The van der Waals surface area contributed by atoms with Crippen LogP contribution < -0.4 is 0 Å². The quantitative estimate of drug-likeness (QED) is 0.417. The number of pyridine rings is 1. The van der Waals surface area contributed by atoms with Crippen molar-refractivity contribution >= 4 is 75.4 Å². The van der Waals surface area contributed by atoms with Crippen molar-refractivity contribution in [3.05, 3.63) is 33.5 Å². The number of aromatic nitrogens is 1. The number of alkyl halides is 6. The van der Waals surface area contributed by atoms with Gasteiger partial charge in [0.05, 0.1) is 0 Å². The number of hydrogen-bond acceptors (Lipinski definition) is 3. The van der Waals surface area contributed by atoms with Crippen LogP contribution in [-0.4, -0.2) is 9.91 Å². The van der Waals surface area contributed by atoms with E-state index >= 15 is 0 Å². The molecule has 94 valence electrons. The SMILES string of the molecule is O=[N+]([O-])c1nc(C(Cl)(Cl)Cl)ccc1C(Cl)(Cl)Cl. The number of rotatable bonds is 1. The highest BCUT2D eigenvalue weighted by atomic mass is 35.6. The van der Waals surface area contributed by atoms with Gasteiger partial charge in [-0.1, -0.05) is 69.6 Å². The zero-order valence-electron chi connectivity index (χ0n) is 7.63. The van der Waals surface area contributed by atoms with Gasteiger partial charge in [0.15, 0.2) is 0 Å². The second-order valence-corrected chi connectivity index (χ2v) is 7.38. The first kappa shape index (κ1) is 15.3. The zero-order chi connectivity index (χ0) is 13.4. The average Bonchev–Trinajstić information content (AvgIpc) is 2.14. The van der Waals surface area contributed by atoms with Gasteiger partial charge in [-0.25, -0.2) is 0 Å². The van der Waals surface area contributed by atoms with Crippen LogP contribution in [0.3, 0.4) is 0 Å². The number of nitrogens with zero attached hydrogens (tertiary/aromatic N) is 2. The predicted molar refractivity (Wildman–Crippen MR) is 69.4 cm³/mol. The summed E-state index contributed by atoms with van der Waals surface area (Å²) in [5, 5.41) is 10.8. The van der Waals surface area contributed by atoms with Crippen molar-refractivity contribution in [1.29, 1.82) is 0 Å². The standard InChI is InChI=1S/C7H2Cl6N2O2/c8-6(9,10)3-1-2-4(7(11,12)13)14-5(3)15(16)17/h1-2H. The van der Waals surface area contributed by atoms with Crippen LogP contribution in [0.2, 0.25) is 0 Å². The minimum absolute atomic E-state index is 0.132. The highest BCUT2D eigenvalue weighted by Gasteiger charge is 2.37. The fraction of sp³-hybridized carbons (Fsp3) is 0.286. The van der Waals surface area contributed by atoms with Gasteiger partial charge in [-0.05, 0) is 22.0 Å². The lowest BCUT2D eigenvalue weighted by Crippen LogP contribution is -2.11. The Labute approximate surface area is 126 Å². The summed E-state index contributed by atoms with van der Waals surface area (Å²) in [5.41, 5.74) is -0.335. The molecule has 0 bridgehead atoms. The van der Waals surface area contributed by atoms with Gasteiger partial charge in [0.25, 0.3) is 3.79 Å². The van der Waals surface area contributed by atoms with E-state index in [0.717, 1.165) is 0 Å². The summed E-state index contributed by atoms with van der Waals surface area (Å²) in [7, 11) is 0. The first-order chi connectivity index (χ1) is 7.53. The smallest absolute Gasteiger partial charge is 0.358 e. The molecule has 1 rings (SSSR count). The van der Waals surface area contributed by atoms with Crippen molar-refractivity contribution in [3.63, 3.8) is 0 Å². The van der Waals surface area contributed by atoms with Gasteiger partial charge in [0.1, 0.15) is 5.56 Å². The Morgan fingerprint density at radius 1 is 1.06 bits per heavy atom. The molecule has 0 amide bonds. The monoisotopic (exact) mass is 356 g/mol. The molecule has 0 aliphatic carbocycles. The van der Waals surface area contributed by atoms with Crippen LogP contribution >= 0.6 is 69.6 Å². The summed E-state index contributed by atoms with van der Waals surface area (Å²) in [6.07, 6.45) is 0. The lowest BCUT2D eigenvalue weighted by molar-refractivity contribution is -0.390. The van der Waals surface area contributed by atoms with E-state index in [-0.39, 0.29) is 11.3 Å². The fourth-order valence-corrected chi connectivity index (χ4v) is 1.72. The van der Waals surface area contributed by atoms with Gasteiger partial charge in [0.2, 0.25) is 9.49 Å². The molecule has 17 heavy (non-hydrogen) atoms. The Balaban J connectivity index is 3.43. The Morgan fingerprint density at radius 2 is 1.59 bits per heavy atom. The zero-order valence-corrected chi connectivity index (χ0v) is 12.2. The van der Waals surface area contributed by atoms with Crippen molar-refractivity contribution in [2.75, 3.05) is 0 Å². The van der Waals surface area contributed by atoms with E-state index in [1.807, 2.05) is 0 Å². The van der Waals surface area contributed by atoms with E-state index < -0.39 is 18.3 Å². The maximum Gasteiger partial charge on any atom is 0.371 e. The molecule has 0 atom stereocenters. The molecule has 4 nitrogen and oxygen atoms in total. The first-order valence-electron chi connectivity index (χ1n) is 3.83. The van der Waals surface area contributed by atoms with Crippen LogP contribution in [0.4, 0.5) is 5.82 Å². The summed E-state index contributed by atoms with van der Waals surface area (Å²) in [5.74, 6) is -0.672. The maximum atomic E-state index is 10.8. The summed E-state index contributed by atoms with van der Waals surface area (Å²) >= 11 is 33.3. The Bertz CT molecular complexity index is 453. The van der Waals surface area contributed by atoms with Crippen LogP contribution in [0.25, 0.3) is 0 Å². The van der Waals surface area contributed by atoms with Gasteiger partial charge in [-0.2, -0.15) is 0 Å². The van der Waals surface area contributed by atoms with Gasteiger partial charge in [-0.3, -0.25) is 0 Å². The van der Waals surface area contributed by atoms with Crippen LogP contribution in [-0.2, 0) is 7.59 Å². The van der Waals surface area contributed by atoms with Crippen LogP contribution in [0.5, 0.6) is 0 Å². The van der Waals surface area contributed by atoms with Crippen molar-refractivity contribution in [2.24, 2.45) is 0 Å². The fourth-order valence-electron chi connectivity index (χ4n) is 0.967. The summed E-state index contributed by atoms with van der Waals surface area (Å²) in [4.78, 5) is 13.5. The minimum Gasteiger partial charge on any atom is -0.358 e. The normalized spacial score (nSPS) is 12.6. The molecule has 0 fully saturated rings. The molecule has 1 aromatic heterocycles. The molecule has 0 aliphatic heterocycles. The van der Waals surface area contributed by atoms with E-state index in [9.17, 15) is 10.1 Å². The van der Waals surface area contributed by atoms with E-state index in [0.29, 0.717) is 0 Å². The minimum atomic E-state index is -1.98. The van der Waals surface area contributed by atoms with Crippen LogP contribution in [0.15, 0.2) is 12.1 Å². The molecule has 0 saturated heterocycles. The van der Waals surface area contributed by atoms with Crippen molar-refractivity contribution in [1.82, 2.24) is 4.98 Å². The highest BCUT2D eigenvalue weighted by molar-refractivity contribution is 6.67. The molecule has 0 N–H and O–H groups in total. The van der Waals surface area contributed by atoms with Crippen LogP contribution in [0.1, 0.15) is 11.3 Å². The highest BCUT2D eigenvalue weighted by Crippen LogP contribution is 2.44. The first-order valence-corrected chi connectivity index (χ1v) is 6.10. The Kier molecular flexibility index (Phi) is 4.62. The average molecular weight is 359 g/mol. The van der Waals surface area contributed by atoms with Gasteiger partial charge in [0, 0.05) is 0 Å². The third kappa shape index (κ3) is 3.88. The molecule has 0 saturated carbocycles. The predicted octanol–water partition coefficient (Wildman–Crippen LogP) is 4.64. The molecule has 0 aromatic carbocycles. The van der Waals surface area contributed by atoms with E-state index in [2.05, 4.69) is 4.98 Å². The van der Waals surface area contributed by atoms with Crippen molar-refractivity contribution in [2.45, 2.75) is 7.59 Å². The number of hydrogen-bond donors (Lipinski definition) is 0. The topological polar surface area (TPSA) is 56.0 Å². The number of nitro groups is 1. The second-order valence-electron chi connectivity index (χ2n) is 2.82. The van der Waals surface area contributed by atoms with Gasteiger partial charge < -0.3 is 10.1 Å². The largest absolute Gasteiger partial charge is 0.371 e. The molecule has 10 heteroatoms. The molecule has 1 heterocycles. The van der Waals surface area contributed by atoms with Crippen molar-refractivity contribution in [3.8, 4) is 0 Å². The molecular formula is C7H2Cl6N2O2. The lowest BCUT2D eigenvalue weighted by atomic mass is 10.2. The number of halogens is 6. The molecule has 1 aromatic rings. The second kappa shape index (κ2) is 5.11. The van der Waals surface area contributed by atoms with E-state index in [4.69, 9.17) is 69.6 Å². The van der Waals surface area contributed by atoms with E-state index in [1.165, 1.54) is 12.1 Å². The van der Waals surface area contributed by atoms with E-state index in [1.54, 1.807) is 0 Å². The molecular weight excluding hydrogens is 357 g/mol. The maximum absolute atomic E-state index is 10.8. The lowest BCUT2D eigenvalue weighted by Gasteiger charge is -2.12. The third-order valence-corrected chi connectivity index (χ3v) is 2.84. The Morgan fingerprint density at radius 3 is 1.94 bits per heavy atom. The van der Waals surface area contributed by atoms with Crippen LogP contribution in [0, 0.1) is 10.1 Å². The third-order valence-electron chi connectivity index (χ3n) is 1.64. The molecule has 0 radical (unpaired) electrons. The van der Waals surface area contributed by atoms with Gasteiger partial charge >= 0.3 is 5.82 Å². The van der Waals surface area contributed by atoms with Gasteiger partial charge in [-0.15, -0.1) is 0 Å². The van der Waals surface area contributed by atoms with Crippen molar-refractivity contribution < 1.29 is 4.92 Å². The molecule has 0 spiro atoms. The Hall–Kier alpha value is 0.290.